The number of rotatable bonds is 3. The maximum Gasteiger partial charge on any atom is 0.335 e. The lowest BCUT2D eigenvalue weighted by Gasteiger charge is -2.12. The van der Waals surface area contributed by atoms with Crippen LogP contribution in [0, 0.1) is 0 Å². The van der Waals surface area contributed by atoms with E-state index in [-0.39, 0.29) is 0 Å². The molecule has 6 heteroatoms. The number of aromatic carboxylic acids is 2. The molecular formula is C10H8F2O4. The molecule has 0 unspecified atom stereocenters. The van der Waals surface area contributed by atoms with E-state index in [4.69, 9.17) is 10.2 Å². The first-order chi connectivity index (χ1) is 7.21. The van der Waals surface area contributed by atoms with Gasteiger partial charge in [0.1, 0.15) is 0 Å². The summed E-state index contributed by atoms with van der Waals surface area (Å²) >= 11 is 0. The van der Waals surface area contributed by atoms with Crippen molar-refractivity contribution in [1.29, 1.82) is 0 Å². The Bertz CT molecular complexity index is 416. The molecule has 0 heterocycles. The fourth-order valence-electron chi connectivity index (χ4n) is 1.13. The Kier molecular flexibility index (Phi) is 2.93. The van der Waals surface area contributed by atoms with Crippen LogP contribution < -0.4 is 0 Å². The SMILES string of the molecule is CC(F)(F)c1cc(C(=O)O)cc(C(=O)O)c1. The average Bonchev–Trinajstić information content (AvgIpc) is 2.15. The molecule has 86 valence electrons. The normalized spacial score (nSPS) is 11.2. The molecule has 0 radical (unpaired) electrons. The lowest BCUT2D eigenvalue weighted by Crippen LogP contribution is -2.11. The molecule has 0 atom stereocenters. The highest BCUT2D eigenvalue weighted by atomic mass is 19.3. The van der Waals surface area contributed by atoms with Crippen LogP contribution in [0.1, 0.15) is 33.2 Å². The summed E-state index contributed by atoms with van der Waals surface area (Å²) in [4.78, 5) is 21.2. The second-order valence-corrected chi connectivity index (χ2v) is 3.30. The highest BCUT2D eigenvalue weighted by Crippen LogP contribution is 2.28. The summed E-state index contributed by atoms with van der Waals surface area (Å²) < 4.78 is 25.9. The van der Waals surface area contributed by atoms with Gasteiger partial charge in [-0.1, -0.05) is 0 Å². The Labute approximate surface area is 89.1 Å². The molecule has 0 aliphatic heterocycles. The topological polar surface area (TPSA) is 74.6 Å². The number of alkyl halides is 2. The Balaban J connectivity index is 3.42. The number of carboxylic acids is 2. The number of halogens is 2. The van der Waals surface area contributed by atoms with Crippen molar-refractivity contribution >= 4 is 11.9 Å². The van der Waals surface area contributed by atoms with Crippen molar-refractivity contribution in [2.24, 2.45) is 0 Å². The Morgan fingerprint density at radius 3 is 1.69 bits per heavy atom. The zero-order chi connectivity index (χ0) is 12.5. The maximum absolute atomic E-state index is 13.0. The largest absolute Gasteiger partial charge is 0.478 e. The van der Waals surface area contributed by atoms with E-state index < -0.39 is 34.6 Å². The van der Waals surface area contributed by atoms with Crippen LogP contribution in [0.3, 0.4) is 0 Å². The van der Waals surface area contributed by atoms with E-state index in [1.54, 1.807) is 0 Å². The van der Waals surface area contributed by atoms with Gasteiger partial charge in [0.2, 0.25) is 0 Å². The number of carboxylic acid groups (broad SMARTS) is 2. The van der Waals surface area contributed by atoms with Gasteiger partial charge in [0.15, 0.2) is 0 Å². The summed E-state index contributed by atoms with van der Waals surface area (Å²) in [6.45, 7) is 0.569. The molecule has 0 bridgehead atoms. The first-order valence-corrected chi connectivity index (χ1v) is 4.22. The first kappa shape index (κ1) is 12.1. The number of hydrogen-bond donors (Lipinski definition) is 2. The monoisotopic (exact) mass is 230 g/mol. The van der Waals surface area contributed by atoms with Crippen LogP contribution in [-0.4, -0.2) is 22.2 Å². The van der Waals surface area contributed by atoms with Crippen molar-refractivity contribution < 1.29 is 28.6 Å². The molecule has 0 spiro atoms. The molecular weight excluding hydrogens is 222 g/mol. The summed E-state index contributed by atoms with van der Waals surface area (Å²) in [6, 6.07) is 2.35. The second kappa shape index (κ2) is 3.88. The van der Waals surface area contributed by atoms with E-state index in [0.29, 0.717) is 6.92 Å². The van der Waals surface area contributed by atoms with Gasteiger partial charge in [0, 0.05) is 12.5 Å². The van der Waals surface area contributed by atoms with Crippen molar-refractivity contribution in [1.82, 2.24) is 0 Å². The Morgan fingerprint density at radius 1 is 1.06 bits per heavy atom. The van der Waals surface area contributed by atoms with Gasteiger partial charge in [0.05, 0.1) is 11.1 Å². The third-order valence-corrected chi connectivity index (χ3v) is 1.93. The highest BCUT2D eigenvalue weighted by Gasteiger charge is 2.27. The summed E-state index contributed by atoms with van der Waals surface area (Å²) in [5.41, 5.74) is -1.59. The Morgan fingerprint density at radius 2 is 1.44 bits per heavy atom. The zero-order valence-corrected chi connectivity index (χ0v) is 8.20. The molecule has 2 N–H and O–H groups in total. The summed E-state index contributed by atoms with van der Waals surface area (Å²) in [6.07, 6.45) is 0. The standard InChI is InChI=1S/C10H8F2O4/c1-10(11,12)7-3-5(8(13)14)2-6(4-7)9(15)16/h2-4H,1H3,(H,13,14)(H,15,16). The molecule has 1 aromatic carbocycles. The first-order valence-electron chi connectivity index (χ1n) is 4.22. The lowest BCUT2D eigenvalue weighted by molar-refractivity contribution is 0.0173. The van der Waals surface area contributed by atoms with E-state index in [1.807, 2.05) is 0 Å². The maximum atomic E-state index is 13.0. The van der Waals surface area contributed by atoms with Crippen molar-refractivity contribution in [3.05, 3.63) is 34.9 Å². The molecule has 0 aliphatic rings. The fourth-order valence-corrected chi connectivity index (χ4v) is 1.13. The highest BCUT2D eigenvalue weighted by molar-refractivity contribution is 5.94. The van der Waals surface area contributed by atoms with Crippen LogP contribution in [0.4, 0.5) is 8.78 Å². The molecule has 0 amide bonds. The Hall–Kier alpha value is -1.98. The zero-order valence-electron chi connectivity index (χ0n) is 8.20. The van der Waals surface area contributed by atoms with Crippen LogP contribution >= 0.6 is 0 Å². The van der Waals surface area contributed by atoms with Gasteiger partial charge in [-0.2, -0.15) is 0 Å². The summed E-state index contributed by atoms with van der Waals surface area (Å²) in [5, 5.41) is 17.3. The number of hydrogen-bond acceptors (Lipinski definition) is 2. The molecule has 0 fully saturated rings. The van der Waals surface area contributed by atoms with Crippen LogP contribution in [0.2, 0.25) is 0 Å². The molecule has 1 aromatic rings. The second-order valence-electron chi connectivity index (χ2n) is 3.30. The summed E-state index contributed by atoms with van der Waals surface area (Å²) in [7, 11) is 0. The van der Waals surface area contributed by atoms with Crippen molar-refractivity contribution in [3.8, 4) is 0 Å². The van der Waals surface area contributed by atoms with E-state index >= 15 is 0 Å². The molecule has 0 saturated heterocycles. The van der Waals surface area contributed by atoms with Gasteiger partial charge in [0.25, 0.3) is 5.92 Å². The van der Waals surface area contributed by atoms with Crippen LogP contribution in [-0.2, 0) is 5.92 Å². The van der Waals surface area contributed by atoms with Gasteiger partial charge in [-0.05, 0) is 18.2 Å². The lowest BCUT2D eigenvalue weighted by atomic mass is 10.0. The third-order valence-electron chi connectivity index (χ3n) is 1.93. The van der Waals surface area contributed by atoms with Gasteiger partial charge >= 0.3 is 11.9 Å². The fraction of sp³-hybridized carbons (Fsp3) is 0.200. The molecule has 0 aromatic heterocycles. The van der Waals surface area contributed by atoms with Crippen LogP contribution in [0.25, 0.3) is 0 Å². The smallest absolute Gasteiger partial charge is 0.335 e. The van der Waals surface area contributed by atoms with Crippen molar-refractivity contribution in [2.75, 3.05) is 0 Å². The van der Waals surface area contributed by atoms with Crippen molar-refractivity contribution in [3.63, 3.8) is 0 Å². The minimum absolute atomic E-state index is 0.476. The van der Waals surface area contributed by atoms with Gasteiger partial charge in [-0.15, -0.1) is 0 Å². The van der Waals surface area contributed by atoms with E-state index in [2.05, 4.69) is 0 Å². The molecule has 0 saturated carbocycles. The summed E-state index contributed by atoms with van der Waals surface area (Å²) in [5.74, 6) is -6.18. The predicted molar refractivity (Wildman–Crippen MR) is 49.9 cm³/mol. The van der Waals surface area contributed by atoms with Gasteiger partial charge in [-0.3, -0.25) is 0 Å². The van der Waals surface area contributed by atoms with E-state index in [1.165, 1.54) is 0 Å². The molecule has 4 nitrogen and oxygen atoms in total. The minimum atomic E-state index is -3.28. The molecule has 0 aliphatic carbocycles. The van der Waals surface area contributed by atoms with E-state index in [9.17, 15) is 18.4 Å². The van der Waals surface area contributed by atoms with Gasteiger partial charge < -0.3 is 10.2 Å². The number of carbonyl (C=O) groups is 2. The van der Waals surface area contributed by atoms with Crippen molar-refractivity contribution in [2.45, 2.75) is 12.8 Å². The van der Waals surface area contributed by atoms with E-state index in [0.717, 1.165) is 18.2 Å². The van der Waals surface area contributed by atoms with Crippen LogP contribution in [0.15, 0.2) is 18.2 Å². The minimum Gasteiger partial charge on any atom is -0.478 e. The predicted octanol–water partition coefficient (Wildman–Crippen LogP) is 2.19. The molecule has 1 rings (SSSR count). The number of benzene rings is 1. The quantitative estimate of drug-likeness (QED) is 0.834. The third kappa shape index (κ3) is 2.53. The van der Waals surface area contributed by atoms with Crippen LogP contribution in [0.5, 0.6) is 0 Å². The molecule has 16 heavy (non-hydrogen) atoms. The van der Waals surface area contributed by atoms with Gasteiger partial charge in [-0.25, -0.2) is 18.4 Å². The average molecular weight is 230 g/mol.